The van der Waals surface area contributed by atoms with E-state index >= 15 is 0 Å². The smallest absolute Gasteiger partial charge is 0.256 e. The molecule has 0 spiro atoms. The van der Waals surface area contributed by atoms with Gasteiger partial charge < -0.3 is 9.47 Å². The van der Waals surface area contributed by atoms with Crippen LogP contribution < -0.4 is 4.72 Å². The summed E-state index contributed by atoms with van der Waals surface area (Å²) < 4.78 is 45.7. The number of hydrogen-bond donors (Lipinski definition) is 1. The van der Waals surface area contributed by atoms with Crippen LogP contribution in [-0.4, -0.2) is 71.4 Å². The number of fused-ring (bicyclic) bond motifs is 3. The van der Waals surface area contributed by atoms with Gasteiger partial charge in [0, 0.05) is 37.3 Å². The number of benzene rings is 3. The minimum Gasteiger partial charge on any atom is -0.338 e. The first-order chi connectivity index (χ1) is 23.9. The Morgan fingerprint density at radius 1 is 1.00 bits per heavy atom. The minimum atomic E-state index is -3.96. The van der Waals surface area contributed by atoms with Crippen LogP contribution in [0.5, 0.6) is 0 Å². The lowest BCUT2D eigenvalue weighted by atomic mass is 9.70. The fourth-order valence-corrected chi connectivity index (χ4v) is 11.1. The molecule has 4 aromatic rings. The third-order valence-electron chi connectivity index (χ3n) is 11.2. The normalized spacial score (nSPS) is 22.5. The van der Waals surface area contributed by atoms with Crippen LogP contribution in [0.25, 0.3) is 11.0 Å². The number of hydrogen-bond acceptors (Lipinski definition) is 5. The van der Waals surface area contributed by atoms with Crippen molar-refractivity contribution in [3.8, 4) is 0 Å². The highest BCUT2D eigenvalue weighted by Crippen LogP contribution is 2.45. The molecule has 3 aliphatic heterocycles. The molecular formula is C38H44Cl2FN5O3S. The average Bonchev–Trinajstić information content (AvgIpc) is 3.53. The molecule has 2 atom stereocenters. The van der Waals surface area contributed by atoms with E-state index in [1.54, 1.807) is 30.9 Å². The van der Waals surface area contributed by atoms with Gasteiger partial charge in [-0.25, -0.2) is 22.5 Å². The van der Waals surface area contributed by atoms with Crippen LogP contribution in [0, 0.1) is 12.7 Å². The van der Waals surface area contributed by atoms with Gasteiger partial charge in [0.25, 0.3) is 5.91 Å². The Morgan fingerprint density at radius 2 is 1.70 bits per heavy atom. The third-order valence-corrected chi connectivity index (χ3v) is 13.8. The second-order valence-corrected chi connectivity index (χ2v) is 17.1. The van der Waals surface area contributed by atoms with Gasteiger partial charge in [-0.3, -0.25) is 9.69 Å². The molecular weight excluding hydrogens is 696 g/mol. The number of amides is 1. The second-order valence-electron chi connectivity index (χ2n) is 14.6. The molecule has 266 valence electrons. The summed E-state index contributed by atoms with van der Waals surface area (Å²) in [5.41, 5.74) is 2.87. The Labute approximate surface area is 304 Å². The first-order valence-electron chi connectivity index (χ1n) is 17.6. The molecule has 2 bridgehead atoms. The molecule has 12 heteroatoms. The van der Waals surface area contributed by atoms with E-state index in [0.717, 1.165) is 42.7 Å². The second kappa shape index (κ2) is 13.8. The van der Waals surface area contributed by atoms with Gasteiger partial charge >= 0.3 is 0 Å². The van der Waals surface area contributed by atoms with Crippen molar-refractivity contribution in [2.75, 3.05) is 19.6 Å². The van der Waals surface area contributed by atoms with Crippen molar-refractivity contribution in [3.05, 3.63) is 93.5 Å². The van der Waals surface area contributed by atoms with Crippen molar-refractivity contribution < 1.29 is 17.6 Å². The number of aromatic nitrogens is 2. The Bertz CT molecular complexity index is 2010. The number of carbonyl (C=O) groups is 1. The Kier molecular flexibility index (Phi) is 9.80. The van der Waals surface area contributed by atoms with Crippen molar-refractivity contribution in [1.29, 1.82) is 0 Å². The molecule has 1 aromatic heterocycles. The van der Waals surface area contributed by atoms with Gasteiger partial charge in [-0.15, -0.1) is 0 Å². The largest absolute Gasteiger partial charge is 0.338 e. The van der Waals surface area contributed by atoms with E-state index in [4.69, 9.17) is 28.2 Å². The third kappa shape index (κ3) is 6.58. The summed E-state index contributed by atoms with van der Waals surface area (Å²) in [4.78, 5) is 23.0. The number of halogens is 3. The molecule has 3 aromatic carbocycles. The molecule has 3 saturated heterocycles. The zero-order chi connectivity index (χ0) is 35.4. The lowest BCUT2D eigenvalue weighted by molar-refractivity contribution is 0.0606. The van der Waals surface area contributed by atoms with Crippen LogP contribution in [0.2, 0.25) is 10.0 Å². The fourth-order valence-electron chi connectivity index (χ4n) is 8.90. The molecule has 0 radical (unpaired) electrons. The highest BCUT2D eigenvalue weighted by molar-refractivity contribution is 7.89. The number of nitrogens with zero attached hydrogens (tertiary/aromatic N) is 4. The van der Waals surface area contributed by atoms with E-state index in [1.807, 2.05) is 12.1 Å². The highest BCUT2D eigenvalue weighted by atomic mass is 35.5. The number of likely N-dealkylation sites (tertiary alicyclic amines) is 1. The van der Waals surface area contributed by atoms with E-state index in [-0.39, 0.29) is 37.8 Å². The van der Waals surface area contributed by atoms with E-state index < -0.39 is 15.9 Å². The number of imidazole rings is 1. The van der Waals surface area contributed by atoms with Gasteiger partial charge in [0.15, 0.2) is 0 Å². The zero-order valence-corrected chi connectivity index (χ0v) is 31.0. The summed E-state index contributed by atoms with van der Waals surface area (Å²) in [6.45, 7) is 7.25. The molecule has 3 fully saturated rings. The quantitative estimate of drug-likeness (QED) is 0.189. The van der Waals surface area contributed by atoms with Crippen molar-refractivity contribution >= 4 is 50.2 Å². The highest BCUT2D eigenvalue weighted by Gasteiger charge is 2.44. The topological polar surface area (TPSA) is 87.5 Å². The van der Waals surface area contributed by atoms with Crippen LogP contribution in [0.3, 0.4) is 0 Å². The maximum atomic E-state index is 14.7. The molecule has 2 unspecified atom stereocenters. The first kappa shape index (κ1) is 35.4. The molecule has 8 nitrogen and oxygen atoms in total. The fraction of sp³-hybridized carbons (Fsp3) is 0.474. The van der Waals surface area contributed by atoms with Crippen LogP contribution in [-0.2, 0) is 15.4 Å². The Morgan fingerprint density at radius 3 is 2.38 bits per heavy atom. The molecule has 0 aliphatic carbocycles. The van der Waals surface area contributed by atoms with Crippen LogP contribution >= 0.6 is 23.2 Å². The summed E-state index contributed by atoms with van der Waals surface area (Å²) in [6.07, 6.45) is 6.62. The standard InChI is InChI=1S/C38H44Cl2FN5O3S/c1-24(2)43-50(48,49)34-14-13-31(39)35(36(34)40)37(47)44-18-15-38(16-19-44,26-7-6-8-27(41)21-26)17-20-45-28-11-12-29(45)23-30(22-28)46-25(3)42-32-9-4-5-10-33(32)46/h4-10,13-14,21,24,28-30,43H,11-12,15-20,22-23H2,1-3H3. The van der Waals surface area contributed by atoms with Crippen molar-refractivity contribution in [2.45, 2.75) is 100 Å². The maximum absolute atomic E-state index is 14.7. The predicted octanol–water partition coefficient (Wildman–Crippen LogP) is 7.91. The number of para-hydroxylation sites is 2. The molecule has 1 N–H and O–H groups in total. The number of carbonyl (C=O) groups excluding carboxylic acids is 1. The van der Waals surface area contributed by atoms with Gasteiger partial charge in [-0.1, -0.05) is 47.5 Å². The van der Waals surface area contributed by atoms with Crippen molar-refractivity contribution in [1.82, 2.24) is 24.1 Å². The average molecular weight is 741 g/mol. The summed E-state index contributed by atoms with van der Waals surface area (Å²) in [7, 11) is -3.96. The summed E-state index contributed by atoms with van der Waals surface area (Å²) in [6, 6.07) is 19.0. The molecule has 3 aliphatic rings. The first-order valence-corrected chi connectivity index (χ1v) is 19.9. The van der Waals surface area contributed by atoms with Crippen molar-refractivity contribution in [3.63, 3.8) is 0 Å². The van der Waals surface area contributed by atoms with Crippen LogP contribution in [0.4, 0.5) is 4.39 Å². The predicted molar refractivity (Wildman–Crippen MR) is 196 cm³/mol. The van der Waals surface area contributed by atoms with Gasteiger partial charge in [-0.2, -0.15) is 0 Å². The Hall–Kier alpha value is -3.02. The SMILES string of the molecule is Cc1nc2ccccc2n1C1CC2CCC(C1)N2CCC1(c2cccc(F)c2)CCN(C(=O)c2c(Cl)ccc(S(=O)(=O)NC(C)C)c2Cl)CC1. The summed E-state index contributed by atoms with van der Waals surface area (Å²) >= 11 is 13.1. The van der Waals surface area contributed by atoms with Gasteiger partial charge in [0.05, 0.1) is 26.6 Å². The molecule has 1 amide bonds. The molecule has 7 rings (SSSR count). The lowest BCUT2D eigenvalue weighted by Gasteiger charge is -2.45. The number of rotatable bonds is 9. The van der Waals surface area contributed by atoms with Gasteiger partial charge in [0.1, 0.15) is 16.5 Å². The molecule has 0 saturated carbocycles. The zero-order valence-electron chi connectivity index (χ0n) is 28.7. The maximum Gasteiger partial charge on any atom is 0.256 e. The van der Waals surface area contributed by atoms with Crippen LogP contribution in [0.1, 0.15) is 86.6 Å². The molecule has 4 heterocycles. The monoisotopic (exact) mass is 739 g/mol. The van der Waals surface area contributed by atoms with Crippen LogP contribution in [0.15, 0.2) is 65.6 Å². The molecule has 50 heavy (non-hydrogen) atoms. The van der Waals surface area contributed by atoms with E-state index in [0.29, 0.717) is 44.1 Å². The van der Waals surface area contributed by atoms with Crippen molar-refractivity contribution in [2.24, 2.45) is 0 Å². The summed E-state index contributed by atoms with van der Waals surface area (Å²) in [5.74, 6) is 0.395. The van der Waals surface area contributed by atoms with E-state index in [9.17, 15) is 17.6 Å². The minimum absolute atomic E-state index is 0.0152. The van der Waals surface area contributed by atoms with E-state index in [1.165, 1.54) is 36.6 Å². The Balaban J connectivity index is 1.09. The van der Waals surface area contributed by atoms with E-state index in [2.05, 4.69) is 39.3 Å². The lowest BCUT2D eigenvalue weighted by Crippen LogP contribution is -2.49. The number of aryl methyl sites for hydroxylation is 1. The van der Waals surface area contributed by atoms with Gasteiger partial charge in [0.2, 0.25) is 10.0 Å². The number of piperidine rings is 2. The summed E-state index contributed by atoms with van der Waals surface area (Å²) in [5, 5.41) is -0.0846. The number of sulfonamides is 1. The van der Waals surface area contributed by atoms with Gasteiger partial charge in [-0.05, 0) is 120 Å². The number of nitrogens with one attached hydrogen (secondary N) is 1.